The van der Waals surface area contributed by atoms with Gasteiger partial charge in [0.2, 0.25) is 0 Å². The first-order chi connectivity index (χ1) is 7.65. The third-order valence-corrected chi connectivity index (χ3v) is 2.43. The molecule has 3 heteroatoms. The minimum absolute atomic E-state index is 0.538. The van der Waals surface area contributed by atoms with Gasteiger partial charge in [0.15, 0.2) is 0 Å². The average molecular weight is 243 g/mol. The zero-order valence-corrected chi connectivity index (χ0v) is 11.9. The second-order valence-electron chi connectivity index (χ2n) is 3.01. The highest BCUT2D eigenvalue weighted by Crippen LogP contribution is 2.06. The molecule has 94 valence electrons. The molecular weight excluding hydrogens is 218 g/mol. The summed E-state index contributed by atoms with van der Waals surface area (Å²) in [4.78, 5) is 0.849. The van der Waals surface area contributed by atoms with E-state index in [0.29, 0.717) is 6.54 Å². The second-order valence-corrected chi connectivity index (χ2v) is 4.39. The molecule has 0 saturated carbocycles. The van der Waals surface area contributed by atoms with E-state index in [9.17, 15) is 4.21 Å². The van der Waals surface area contributed by atoms with Crippen LogP contribution >= 0.6 is 0 Å². The smallest absolute Gasteiger partial charge is 0.0498 e. The van der Waals surface area contributed by atoms with E-state index in [-0.39, 0.29) is 0 Å². The van der Waals surface area contributed by atoms with Crippen LogP contribution in [0.5, 0.6) is 0 Å². The standard InChI is InChI=1S/C8H11NOS.C3H8.C2H6/c1-11(10)8-4-2-7(6-9)3-5-8;1-3-2;1-2/h2-5H,6,9H2,1H3;3H2,1-2H3;1-2H3. The van der Waals surface area contributed by atoms with Gasteiger partial charge < -0.3 is 5.73 Å². The molecule has 1 atom stereocenters. The van der Waals surface area contributed by atoms with E-state index < -0.39 is 10.8 Å². The summed E-state index contributed by atoms with van der Waals surface area (Å²) in [6.07, 6.45) is 2.91. The molecule has 0 aromatic heterocycles. The van der Waals surface area contributed by atoms with E-state index in [0.717, 1.165) is 10.5 Å². The highest BCUT2D eigenvalue weighted by molar-refractivity contribution is 7.84. The van der Waals surface area contributed by atoms with Gasteiger partial charge in [0, 0.05) is 28.5 Å². The molecule has 0 aliphatic carbocycles. The topological polar surface area (TPSA) is 43.1 Å². The molecule has 1 aromatic carbocycles. The van der Waals surface area contributed by atoms with E-state index >= 15 is 0 Å². The molecule has 1 aromatic rings. The Morgan fingerprint density at radius 1 is 1.12 bits per heavy atom. The van der Waals surface area contributed by atoms with Gasteiger partial charge in [-0.15, -0.1) is 0 Å². The molecule has 16 heavy (non-hydrogen) atoms. The van der Waals surface area contributed by atoms with Crippen molar-refractivity contribution in [1.82, 2.24) is 0 Å². The number of hydrogen-bond donors (Lipinski definition) is 1. The quantitative estimate of drug-likeness (QED) is 0.866. The van der Waals surface area contributed by atoms with Crippen LogP contribution in [0.25, 0.3) is 0 Å². The number of nitrogens with two attached hydrogens (primary N) is 1. The largest absolute Gasteiger partial charge is 0.326 e. The summed E-state index contributed by atoms with van der Waals surface area (Å²) in [5, 5.41) is 0. The van der Waals surface area contributed by atoms with Crippen LogP contribution in [0.3, 0.4) is 0 Å². The molecule has 0 aliphatic heterocycles. The summed E-state index contributed by atoms with van der Waals surface area (Å²) in [7, 11) is -0.880. The third-order valence-electron chi connectivity index (χ3n) is 1.49. The number of benzene rings is 1. The van der Waals surface area contributed by atoms with Crippen LogP contribution in [0.4, 0.5) is 0 Å². The van der Waals surface area contributed by atoms with Gasteiger partial charge in [0.25, 0.3) is 0 Å². The monoisotopic (exact) mass is 243 g/mol. The van der Waals surface area contributed by atoms with Gasteiger partial charge in [0.05, 0.1) is 0 Å². The van der Waals surface area contributed by atoms with Gasteiger partial charge >= 0.3 is 0 Å². The third kappa shape index (κ3) is 8.62. The highest BCUT2D eigenvalue weighted by atomic mass is 32.2. The maximum Gasteiger partial charge on any atom is 0.0498 e. The Kier molecular flexibility index (Phi) is 13.7. The first-order valence-electron chi connectivity index (χ1n) is 5.78. The van der Waals surface area contributed by atoms with Crippen molar-refractivity contribution in [2.75, 3.05) is 6.26 Å². The molecule has 0 aliphatic rings. The fourth-order valence-corrected chi connectivity index (χ4v) is 1.34. The molecule has 0 radical (unpaired) electrons. The first kappa shape index (κ1) is 17.7. The van der Waals surface area contributed by atoms with Crippen molar-refractivity contribution in [3.8, 4) is 0 Å². The lowest BCUT2D eigenvalue weighted by atomic mass is 10.2. The Morgan fingerprint density at radius 2 is 1.50 bits per heavy atom. The van der Waals surface area contributed by atoms with Crippen molar-refractivity contribution in [2.24, 2.45) is 5.73 Å². The minimum atomic E-state index is -0.880. The van der Waals surface area contributed by atoms with Gasteiger partial charge in [0.1, 0.15) is 0 Å². The lowest BCUT2D eigenvalue weighted by Crippen LogP contribution is -1.96. The van der Waals surface area contributed by atoms with Crippen LogP contribution in [0.15, 0.2) is 29.2 Å². The lowest BCUT2D eigenvalue weighted by Gasteiger charge is -1.97. The lowest BCUT2D eigenvalue weighted by molar-refractivity contribution is 0.687. The van der Waals surface area contributed by atoms with Crippen LogP contribution < -0.4 is 5.73 Å². The molecular formula is C13H25NOS. The van der Waals surface area contributed by atoms with Crippen LogP contribution in [0.2, 0.25) is 0 Å². The minimum Gasteiger partial charge on any atom is -0.326 e. The van der Waals surface area contributed by atoms with Crippen molar-refractivity contribution >= 4 is 10.8 Å². The number of hydrogen-bond acceptors (Lipinski definition) is 2. The summed E-state index contributed by atoms with van der Waals surface area (Å²) in [5.74, 6) is 0. The van der Waals surface area contributed by atoms with E-state index in [1.54, 1.807) is 6.26 Å². The van der Waals surface area contributed by atoms with Gasteiger partial charge in [-0.2, -0.15) is 0 Å². The van der Waals surface area contributed by atoms with Crippen molar-refractivity contribution in [2.45, 2.75) is 45.6 Å². The summed E-state index contributed by atoms with van der Waals surface area (Å²) in [6, 6.07) is 7.49. The molecule has 1 unspecified atom stereocenters. The maximum atomic E-state index is 10.9. The maximum absolute atomic E-state index is 10.9. The summed E-state index contributed by atoms with van der Waals surface area (Å²) in [5.41, 5.74) is 6.47. The summed E-state index contributed by atoms with van der Waals surface area (Å²) >= 11 is 0. The fraction of sp³-hybridized carbons (Fsp3) is 0.538. The summed E-state index contributed by atoms with van der Waals surface area (Å²) in [6.45, 7) is 8.79. The molecule has 0 amide bonds. The van der Waals surface area contributed by atoms with Gasteiger partial charge in [-0.05, 0) is 17.7 Å². The predicted octanol–water partition coefficient (Wildman–Crippen LogP) is 3.33. The van der Waals surface area contributed by atoms with Crippen molar-refractivity contribution in [1.29, 1.82) is 0 Å². The molecule has 2 nitrogen and oxygen atoms in total. The summed E-state index contributed by atoms with van der Waals surface area (Å²) < 4.78 is 10.9. The Labute approximate surface area is 103 Å². The molecule has 2 N–H and O–H groups in total. The van der Waals surface area contributed by atoms with Gasteiger partial charge in [-0.1, -0.05) is 46.2 Å². The normalized spacial score (nSPS) is 10.4. The molecule has 0 fully saturated rings. The zero-order chi connectivity index (χ0) is 13.0. The van der Waals surface area contributed by atoms with Crippen LogP contribution in [-0.4, -0.2) is 10.5 Å². The van der Waals surface area contributed by atoms with Crippen LogP contribution in [-0.2, 0) is 17.3 Å². The SMILES string of the molecule is CC.CCC.CS(=O)c1ccc(CN)cc1. The van der Waals surface area contributed by atoms with E-state index in [2.05, 4.69) is 13.8 Å². The van der Waals surface area contributed by atoms with Gasteiger partial charge in [-0.25, -0.2) is 0 Å². The first-order valence-corrected chi connectivity index (χ1v) is 7.33. The van der Waals surface area contributed by atoms with Crippen LogP contribution in [0, 0.1) is 0 Å². The Hall–Kier alpha value is -0.670. The predicted molar refractivity (Wildman–Crippen MR) is 74.0 cm³/mol. The zero-order valence-electron chi connectivity index (χ0n) is 11.1. The Bertz CT molecular complexity index is 270. The molecule has 0 spiro atoms. The van der Waals surface area contributed by atoms with Crippen molar-refractivity contribution < 1.29 is 4.21 Å². The van der Waals surface area contributed by atoms with E-state index in [1.165, 1.54) is 6.42 Å². The Balaban J connectivity index is 0. The second kappa shape index (κ2) is 12.4. The van der Waals surface area contributed by atoms with Crippen molar-refractivity contribution in [3.05, 3.63) is 29.8 Å². The van der Waals surface area contributed by atoms with Crippen molar-refractivity contribution in [3.63, 3.8) is 0 Å². The average Bonchev–Trinajstić information content (AvgIpc) is 2.33. The van der Waals surface area contributed by atoms with E-state index in [1.807, 2.05) is 38.1 Å². The molecule has 1 rings (SSSR count). The van der Waals surface area contributed by atoms with Crippen LogP contribution in [0.1, 0.15) is 39.7 Å². The van der Waals surface area contributed by atoms with E-state index in [4.69, 9.17) is 5.73 Å². The molecule has 0 heterocycles. The molecule has 0 saturated heterocycles. The Morgan fingerprint density at radius 3 is 1.75 bits per heavy atom. The number of rotatable bonds is 2. The fourth-order valence-electron chi connectivity index (χ4n) is 0.817. The van der Waals surface area contributed by atoms with Gasteiger partial charge in [-0.3, -0.25) is 4.21 Å². The molecule has 0 bridgehead atoms. The highest BCUT2D eigenvalue weighted by Gasteiger charge is 1.95.